The standard InChI is InChI=1S/C24H41N5O3.HI/c1-6-20(7-2)22(29-11-13-31-14-12-29)17-27-24(25-3)26-16-19-9-8-10-21(15-19)32-18-23(30)28(4)5;/h8-10,15,20,22H,6-7,11-14,16-18H2,1-5H3,(H2,25,26,27);1H. The number of carbonyl (C=O) groups excluding carboxylic acids is 1. The zero-order chi connectivity index (χ0) is 23.3. The molecule has 1 fully saturated rings. The largest absolute Gasteiger partial charge is 0.484 e. The molecule has 1 saturated heterocycles. The number of nitrogens with one attached hydrogen (secondary N) is 2. The lowest BCUT2D eigenvalue weighted by Crippen LogP contribution is -2.53. The van der Waals surface area contributed by atoms with Crippen LogP contribution in [-0.4, -0.2) is 88.3 Å². The maximum Gasteiger partial charge on any atom is 0.259 e. The second kappa shape index (κ2) is 16.1. The van der Waals surface area contributed by atoms with E-state index in [2.05, 4.69) is 34.4 Å². The summed E-state index contributed by atoms with van der Waals surface area (Å²) >= 11 is 0. The lowest BCUT2D eigenvalue weighted by Gasteiger charge is -2.39. The van der Waals surface area contributed by atoms with Crippen LogP contribution in [0.25, 0.3) is 0 Å². The fourth-order valence-electron chi connectivity index (χ4n) is 3.96. The molecule has 0 saturated carbocycles. The van der Waals surface area contributed by atoms with Gasteiger partial charge in [-0.3, -0.25) is 14.7 Å². The Balaban J connectivity index is 0.00000544. The van der Waals surface area contributed by atoms with Crippen LogP contribution in [0.3, 0.4) is 0 Å². The van der Waals surface area contributed by atoms with Gasteiger partial charge in [0.1, 0.15) is 5.75 Å². The molecule has 8 nitrogen and oxygen atoms in total. The minimum Gasteiger partial charge on any atom is -0.484 e. The van der Waals surface area contributed by atoms with Crippen molar-refractivity contribution < 1.29 is 14.3 Å². The van der Waals surface area contributed by atoms with Gasteiger partial charge >= 0.3 is 0 Å². The summed E-state index contributed by atoms with van der Waals surface area (Å²) in [5.74, 6) is 2.04. The predicted molar refractivity (Wildman–Crippen MR) is 144 cm³/mol. The molecule has 0 radical (unpaired) electrons. The van der Waals surface area contributed by atoms with Gasteiger partial charge in [0.05, 0.1) is 13.2 Å². The molecule has 1 amide bonds. The van der Waals surface area contributed by atoms with E-state index in [0.717, 1.165) is 57.2 Å². The van der Waals surface area contributed by atoms with Crippen molar-refractivity contribution >= 4 is 35.8 Å². The first-order valence-electron chi connectivity index (χ1n) is 11.7. The van der Waals surface area contributed by atoms with Crippen LogP contribution in [-0.2, 0) is 16.1 Å². The zero-order valence-electron chi connectivity index (χ0n) is 20.8. The molecule has 1 aromatic rings. The van der Waals surface area contributed by atoms with Crippen molar-refractivity contribution in [1.29, 1.82) is 0 Å². The molecule has 1 aliphatic heterocycles. The molecule has 33 heavy (non-hydrogen) atoms. The van der Waals surface area contributed by atoms with Crippen molar-refractivity contribution in [1.82, 2.24) is 20.4 Å². The normalized spacial score (nSPS) is 15.5. The van der Waals surface area contributed by atoms with Gasteiger partial charge < -0.3 is 25.0 Å². The number of hydrogen-bond acceptors (Lipinski definition) is 5. The molecular formula is C24H42IN5O3. The number of carbonyl (C=O) groups is 1. The third-order valence-electron chi connectivity index (χ3n) is 6.03. The first-order chi connectivity index (χ1) is 15.5. The van der Waals surface area contributed by atoms with Crippen LogP contribution in [0.1, 0.15) is 32.3 Å². The molecule has 188 valence electrons. The van der Waals surface area contributed by atoms with Gasteiger partial charge in [-0.15, -0.1) is 24.0 Å². The molecule has 9 heteroatoms. The molecule has 0 aromatic heterocycles. The van der Waals surface area contributed by atoms with Crippen molar-refractivity contribution in [3.63, 3.8) is 0 Å². The Morgan fingerprint density at radius 2 is 1.91 bits per heavy atom. The summed E-state index contributed by atoms with van der Waals surface area (Å²) in [6, 6.07) is 8.23. The minimum atomic E-state index is -0.0644. The Hall–Kier alpha value is -1.59. The molecule has 1 aromatic carbocycles. The predicted octanol–water partition coefficient (Wildman–Crippen LogP) is 2.57. The van der Waals surface area contributed by atoms with E-state index < -0.39 is 0 Å². The van der Waals surface area contributed by atoms with Gasteiger partial charge in [-0.25, -0.2) is 0 Å². The number of hydrogen-bond donors (Lipinski definition) is 2. The summed E-state index contributed by atoms with van der Waals surface area (Å²) in [5.41, 5.74) is 1.06. The van der Waals surface area contributed by atoms with Crippen LogP contribution in [0.5, 0.6) is 5.75 Å². The Kier molecular flexibility index (Phi) is 14.4. The molecule has 2 rings (SSSR count). The highest BCUT2D eigenvalue weighted by Gasteiger charge is 2.27. The molecule has 1 aliphatic rings. The first-order valence-corrected chi connectivity index (χ1v) is 11.7. The van der Waals surface area contributed by atoms with E-state index in [1.165, 1.54) is 4.90 Å². The highest BCUT2D eigenvalue weighted by molar-refractivity contribution is 14.0. The number of amides is 1. The third-order valence-corrected chi connectivity index (χ3v) is 6.03. The van der Waals surface area contributed by atoms with Gasteiger partial charge in [-0.05, 0) is 23.6 Å². The van der Waals surface area contributed by atoms with Crippen molar-refractivity contribution in [2.45, 2.75) is 39.3 Å². The summed E-state index contributed by atoms with van der Waals surface area (Å²) in [6.45, 7) is 9.63. The number of likely N-dealkylation sites (N-methyl/N-ethyl adjacent to an activating group) is 1. The van der Waals surface area contributed by atoms with Crippen molar-refractivity contribution in [3.05, 3.63) is 29.8 Å². The van der Waals surface area contributed by atoms with E-state index in [9.17, 15) is 4.79 Å². The van der Waals surface area contributed by atoms with Crippen LogP contribution in [0.4, 0.5) is 0 Å². The van der Waals surface area contributed by atoms with E-state index in [0.29, 0.717) is 24.3 Å². The first kappa shape index (κ1) is 29.4. The fourth-order valence-corrected chi connectivity index (χ4v) is 3.96. The van der Waals surface area contributed by atoms with E-state index in [4.69, 9.17) is 9.47 Å². The van der Waals surface area contributed by atoms with E-state index in [1.807, 2.05) is 24.3 Å². The number of nitrogens with zero attached hydrogens (tertiary/aromatic N) is 3. The Morgan fingerprint density at radius 3 is 2.52 bits per heavy atom. The SMILES string of the molecule is CCC(CC)C(CNC(=NC)NCc1cccc(OCC(=O)N(C)C)c1)N1CCOCC1.I. The Morgan fingerprint density at radius 1 is 1.21 bits per heavy atom. The monoisotopic (exact) mass is 575 g/mol. The van der Waals surface area contributed by atoms with Crippen LogP contribution in [0, 0.1) is 5.92 Å². The second-order valence-electron chi connectivity index (χ2n) is 8.32. The lowest BCUT2D eigenvalue weighted by molar-refractivity contribution is -0.130. The summed E-state index contributed by atoms with van der Waals surface area (Å²) in [5, 5.41) is 6.92. The van der Waals surface area contributed by atoms with Crippen LogP contribution >= 0.6 is 24.0 Å². The summed E-state index contributed by atoms with van der Waals surface area (Å²) < 4.78 is 11.2. The van der Waals surface area contributed by atoms with Gasteiger partial charge in [0.25, 0.3) is 5.91 Å². The number of aliphatic imine (C=N–C) groups is 1. The number of ether oxygens (including phenoxy) is 2. The summed E-state index contributed by atoms with van der Waals surface area (Å²) in [7, 11) is 5.23. The second-order valence-corrected chi connectivity index (χ2v) is 8.32. The van der Waals surface area contributed by atoms with Gasteiger partial charge in [0, 0.05) is 53.4 Å². The number of halogens is 1. The number of rotatable bonds is 11. The third kappa shape index (κ3) is 10.1. The maximum absolute atomic E-state index is 11.7. The summed E-state index contributed by atoms with van der Waals surface area (Å²) in [4.78, 5) is 20.2. The molecule has 1 atom stereocenters. The highest BCUT2D eigenvalue weighted by atomic mass is 127. The summed E-state index contributed by atoms with van der Waals surface area (Å²) in [6.07, 6.45) is 2.32. The Bertz CT molecular complexity index is 722. The quantitative estimate of drug-likeness (QED) is 0.240. The maximum atomic E-state index is 11.7. The average molecular weight is 576 g/mol. The van der Waals surface area contributed by atoms with E-state index in [-0.39, 0.29) is 36.5 Å². The molecule has 0 bridgehead atoms. The van der Waals surface area contributed by atoms with Crippen molar-refractivity contribution in [3.8, 4) is 5.75 Å². The van der Waals surface area contributed by atoms with Crippen LogP contribution in [0.15, 0.2) is 29.3 Å². The van der Waals surface area contributed by atoms with Gasteiger partial charge in [-0.1, -0.05) is 38.8 Å². The number of benzene rings is 1. The van der Waals surface area contributed by atoms with Crippen LogP contribution in [0.2, 0.25) is 0 Å². The number of morpholine rings is 1. The average Bonchev–Trinajstić information content (AvgIpc) is 2.82. The zero-order valence-corrected chi connectivity index (χ0v) is 23.1. The molecular weight excluding hydrogens is 533 g/mol. The molecule has 0 spiro atoms. The highest BCUT2D eigenvalue weighted by Crippen LogP contribution is 2.19. The molecule has 0 aliphatic carbocycles. The topological polar surface area (TPSA) is 78.4 Å². The van der Waals surface area contributed by atoms with E-state index in [1.54, 1.807) is 21.1 Å². The van der Waals surface area contributed by atoms with Crippen LogP contribution < -0.4 is 15.4 Å². The fraction of sp³-hybridized carbons (Fsp3) is 0.667. The van der Waals surface area contributed by atoms with Gasteiger partial charge in [0.2, 0.25) is 0 Å². The Labute approximate surface area is 216 Å². The van der Waals surface area contributed by atoms with Crippen molar-refractivity contribution in [2.24, 2.45) is 10.9 Å². The van der Waals surface area contributed by atoms with Crippen molar-refractivity contribution in [2.75, 3.05) is 60.6 Å². The lowest BCUT2D eigenvalue weighted by atomic mass is 9.92. The molecule has 1 heterocycles. The molecule has 1 unspecified atom stereocenters. The number of guanidine groups is 1. The van der Waals surface area contributed by atoms with E-state index >= 15 is 0 Å². The van der Waals surface area contributed by atoms with Gasteiger partial charge in [0.15, 0.2) is 12.6 Å². The van der Waals surface area contributed by atoms with Gasteiger partial charge in [-0.2, -0.15) is 0 Å². The smallest absolute Gasteiger partial charge is 0.259 e. The minimum absolute atomic E-state index is 0. The molecule has 2 N–H and O–H groups in total.